The van der Waals surface area contributed by atoms with Crippen molar-refractivity contribution in [2.45, 2.75) is 37.7 Å². The van der Waals surface area contributed by atoms with Crippen molar-refractivity contribution in [3.8, 4) is 5.75 Å². The minimum atomic E-state index is -2.72. The van der Waals surface area contributed by atoms with Crippen molar-refractivity contribution in [3.63, 3.8) is 0 Å². The second kappa shape index (κ2) is 7.64. The van der Waals surface area contributed by atoms with Gasteiger partial charge in [-0.1, -0.05) is 6.07 Å². The van der Waals surface area contributed by atoms with Gasteiger partial charge >= 0.3 is 0 Å². The van der Waals surface area contributed by atoms with Crippen LogP contribution in [0.25, 0.3) is 5.65 Å². The van der Waals surface area contributed by atoms with E-state index >= 15 is 0 Å². The summed E-state index contributed by atoms with van der Waals surface area (Å²) in [4.78, 5) is 21.5. The molecule has 156 valence electrons. The maximum Gasteiger partial charge on any atom is 0.280 e. The zero-order valence-electron chi connectivity index (χ0n) is 16.1. The van der Waals surface area contributed by atoms with E-state index in [1.54, 1.807) is 16.7 Å². The predicted octanol–water partition coefficient (Wildman–Crippen LogP) is 3.96. The Balaban J connectivity index is 1.48. The minimum absolute atomic E-state index is 0.0531. The molecule has 5 rings (SSSR count). The van der Waals surface area contributed by atoms with Crippen LogP contribution in [0.4, 0.5) is 14.6 Å². The van der Waals surface area contributed by atoms with E-state index in [1.807, 2.05) is 6.20 Å². The fraction of sp³-hybridized carbons (Fsp3) is 0.381. The van der Waals surface area contributed by atoms with Gasteiger partial charge in [-0.2, -0.15) is 0 Å². The number of imidazole rings is 1. The van der Waals surface area contributed by atoms with Gasteiger partial charge in [-0.15, -0.1) is 0 Å². The van der Waals surface area contributed by atoms with Crippen molar-refractivity contribution < 1.29 is 23.0 Å². The summed E-state index contributed by atoms with van der Waals surface area (Å²) < 4.78 is 39.1. The van der Waals surface area contributed by atoms with E-state index in [0.717, 1.165) is 25.0 Å². The zero-order chi connectivity index (χ0) is 20.7. The minimum Gasteiger partial charge on any atom is -0.487 e. The number of nitrogens with zero attached hydrogens (tertiary/aromatic N) is 3. The van der Waals surface area contributed by atoms with E-state index < -0.39 is 18.0 Å². The van der Waals surface area contributed by atoms with Crippen molar-refractivity contribution in [2.24, 2.45) is 0 Å². The number of ether oxygens (including phenoxy) is 2. The predicted molar refractivity (Wildman–Crippen MR) is 104 cm³/mol. The van der Waals surface area contributed by atoms with Crippen LogP contribution in [0.1, 0.15) is 53.4 Å². The molecule has 0 spiro atoms. The highest BCUT2D eigenvalue weighted by Crippen LogP contribution is 2.39. The summed E-state index contributed by atoms with van der Waals surface area (Å²) in [6, 6.07) is 5.85. The third-order valence-electron chi connectivity index (χ3n) is 5.23. The van der Waals surface area contributed by atoms with Crippen molar-refractivity contribution in [2.75, 3.05) is 18.5 Å². The molecule has 1 atom stereocenters. The van der Waals surface area contributed by atoms with Gasteiger partial charge in [0.1, 0.15) is 29.0 Å². The molecule has 9 heteroatoms. The Morgan fingerprint density at radius 3 is 2.83 bits per heavy atom. The molecular formula is C21H20F2N4O3. The number of pyridine rings is 2. The molecular weight excluding hydrogens is 394 g/mol. The smallest absolute Gasteiger partial charge is 0.280 e. The molecule has 0 aromatic carbocycles. The molecule has 1 N–H and O–H groups in total. The van der Waals surface area contributed by atoms with Crippen LogP contribution in [-0.4, -0.2) is 39.6 Å². The standard InChI is InChI=1S/C21H20F2N4O3/c22-20(23)15-2-1-3-18(24-15)26-21(28)14-9-27-10-16(12-4-5-12)25-19(27)8-17(14)30-13-6-7-29-11-13/h1-3,8-10,12-13,20H,4-7,11H2,(H,24,26,28). The third-order valence-corrected chi connectivity index (χ3v) is 5.23. The largest absolute Gasteiger partial charge is 0.487 e. The summed E-state index contributed by atoms with van der Waals surface area (Å²) in [6.07, 6.45) is 3.67. The molecule has 1 amide bonds. The van der Waals surface area contributed by atoms with Gasteiger partial charge in [0.25, 0.3) is 12.3 Å². The lowest BCUT2D eigenvalue weighted by Gasteiger charge is -2.16. The number of anilines is 1. The summed E-state index contributed by atoms with van der Waals surface area (Å²) in [6.45, 7) is 1.06. The van der Waals surface area contributed by atoms with E-state index in [0.29, 0.717) is 30.5 Å². The van der Waals surface area contributed by atoms with E-state index in [9.17, 15) is 13.6 Å². The average molecular weight is 414 g/mol. The third kappa shape index (κ3) is 3.85. The first-order chi connectivity index (χ1) is 14.6. The number of aromatic nitrogens is 3. The number of fused-ring (bicyclic) bond motifs is 1. The number of rotatable bonds is 6. The number of halogens is 2. The number of hydrogen-bond donors (Lipinski definition) is 1. The maximum atomic E-state index is 13.0. The van der Waals surface area contributed by atoms with Crippen LogP contribution >= 0.6 is 0 Å². The normalized spacial score (nSPS) is 18.8. The summed E-state index contributed by atoms with van der Waals surface area (Å²) >= 11 is 0. The van der Waals surface area contributed by atoms with Gasteiger partial charge in [0.05, 0.1) is 24.5 Å². The van der Waals surface area contributed by atoms with E-state index in [-0.39, 0.29) is 17.5 Å². The van der Waals surface area contributed by atoms with E-state index in [2.05, 4.69) is 15.3 Å². The van der Waals surface area contributed by atoms with Gasteiger partial charge in [-0.05, 0) is 25.0 Å². The highest BCUT2D eigenvalue weighted by molar-refractivity contribution is 6.05. The molecule has 1 aliphatic carbocycles. The molecule has 1 unspecified atom stereocenters. The zero-order valence-corrected chi connectivity index (χ0v) is 16.1. The topological polar surface area (TPSA) is 77.8 Å². The number of carbonyl (C=O) groups excluding carboxylic acids is 1. The van der Waals surface area contributed by atoms with Crippen LogP contribution in [0.3, 0.4) is 0 Å². The van der Waals surface area contributed by atoms with E-state index in [1.165, 1.54) is 18.2 Å². The molecule has 7 nitrogen and oxygen atoms in total. The van der Waals surface area contributed by atoms with Gasteiger partial charge in [-0.25, -0.2) is 18.7 Å². The Kier molecular flexibility index (Phi) is 4.82. The molecule has 3 aromatic heterocycles. The van der Waals surface area contributed by atoms with Gasteiger partial charge < -0.3 is 19.2 Å². The molecule has 2 aliphatic rings. The quantitative estimate of drug-likeness (QED) is 0.661. The second-order valence-corrected chi connectivity index (χ2v) is 7.56. The molecule has 1 aliphatic heterocycles. The summed E-state index contributed by atoms with van der Waals surface area (Å²) in [5.74, 6) is 0.410. The van der Waals surface area contributed by atoms with Crippen LogP contribution < -0.4 is 10.1 Å². The second-order valence-electron chi connectivity index (χ2n) is 7.56. The van der Waals surface area contributed by atoms with Crippen molar-refractivity contribution in [1.82, 2.24) is 14.4 Å². The van der Waals surface area contributed by atoms with Gasteiger partial charge in [0.2, 0.25) is 0 Å². The van der Waals surface area contributed by atoms with E-state index in [4.69, 9.17) is 9.47 Å². The van der Waals surface area contributed by atoms with Gasteiger partial charge in [0.15, 0.2) is 0 Å². The number of carbonyl (C=O) groups is 1. The molecule has 1 saturated heterocycles. The lowest BCUT2D eigenvalue weighted by molar-refractivity contribution is 0.101. The number of nitrogens with one attached hydrogen (secondary N) is 1. The van der Waals surface area contributed by atoms with Crippen LogP contribution in [-0.2, 0) is 4.74 Å². The molecule has 0 radical (unpaired) electrons. The fourth-order valence-corrected chi connectivity index (χ4v) is 3.49. The van der Waals surface area contributed by atoms with Gasteiger partial charge in [0, 0.05) is 30.8 Å². The first-order valence-corrected chi connectivity index (χ1v) is 9.90. The Bertz CT molecular complexity index is 1090. The van der Waals surface area contributed by atoms with Crippen molar-refractivity contribution >= 4 is 17.4 Å². The summed E-state index contributed by atoms with van der Waals surface area (Å²) in [5, 5.41) is 2.60. The van der Waals surface area contributed by atoms with Crippen molar-refractivity contribution in [3.05, 3.63) is 53.6 Å². The molecule has 1 saturated carbocycles. The van der Waals surface area contributed by atoms with Crippen LogP contribution in [0.5, 0.6) is 5.75 Å². The molecule has 30 heavy (non-hydrogen) atoms. The lowest BCUT2D eigenvalue weighted by atomic mass is 10.2. The molecule has 2 fully saturated rings. The number of alkyl halides is 2. The fourth-order valence-electron chi connectivity index (χ4n) is 3.49. The summed E-state index contributed by atoms with van der Waals surface area (Å²) in [7, 11) is 0. The molecule has 4 heterocycles. The van der Waals surface area contributed by atoms with Crippen molar-refractivity contribution in [1.29, 1.82) is 0 Å². The SMILES string of the molecule is O=C(Nc1cccc(C(F)F)n1)c1cn2cc(C3CC3)nc2cc1OC1CCOC1. The summed E-state index contributed by atoms with van der Waals surface area (Å²) in [5.41, 5.74) is 1.57. The maximum absolute atomic E-state index is 13.0. The molecule has 0 bridgehead atoms. The Morgan fingerprint density at radius 1 is 1.23 bits per heavy atom. The number of hydrogen-bond acceptors (Lipinski definition) is 5. The Labute approximate surface area is 171 Å². The van der Waals surface area contributed by atoms with Crippen LogP contribution in [0.2, 0.25) is 0 Å². The lowest BCUT2D eigenvalue weighted by Crippen LogP contribution is -2.20. The highest BCUT2D eigenvalue weighted by Gasteiger charge is 2.27. The average Bonchev–Trinajstić information content (AvgIpc) is 3.30. The monoisotopic (exact) mass is 414 g/mol. The Morgan fingerprint density at radius 2 is 2.10 bits per heavy atom. The first kappa shape index (κ1) is 18.9. The number of amides is 1. The molecule has 3 aromatic rings. The van der Waals surface area contributed by atoms with Gasteiger partial charge in [-0.3, -0.25) is 4.79 Å². The first-order valence-electron chi connectivity index (χ1n) is 9.90. The van der Waals surface area contributed by atoms with Crippen LogP contribution in [0, 0.1) is 0 Å². The van der Waals surface area contributed by atoms with Crippen LogP contribution in [0.15, 0.2) is 36.7 Å². The highest BCUT2D eigenvalue weighted by atomic mass is 19.3. The Hall–Kier alpha value is -3.07.